The second kappa shape index (κ2) is 4.99. The molecule has 0 saturated carbocycles. The summed E-state index contributed by atoms with van der Waals surface area (Å²) in [6, 6.07) is 0.125. The number of ether oxygens (including phenoxy) is 1. The van der Waals surface area contributed by atoms with Gasteiger partial charge in [-0.25, -0.2) is 4.98 Å². The van der Waals surface area contributed by atoms with Gasteiger partial charge in [-0.15, -0.1) is 0 Å². The van der Waals surface area contributed by atoms with Crippen molar-refractivity contribution in [1.29, 1.82) is 0 Å². The summed E-state index contributed by atoms with van der Waals surface area (Å²) >= 11 is 0. The average molecular weight is 184 g/mol. The molecule has 1 aromatic rings. The van der Waals surface area contributed by atoms with Crippen molar-refractivity contribution in [3.63, 3.8) is 0 Å². The van der Waals surface area contributed by atoms with Gasteiger partial charge in [0.15, 0.2) is 5.89 Å². The zero-order chi connectivity index (χ0) is 9.68. The molecule has 1 unspecified atom stereocenters. The lowest BCUT2D eigenvalue weighted by Gasteiger charge is -1.98. The van der Waals surface area contributed by atoms with Gasteiger partial charge in [-0.05, 0) is 6.92 Å². The molecule has 0 aliphatic heterocycles. The van der Waals surface area contributed by atoms with Gasteiger partial charge in [0.25, 0.3) is 0 Å². The molecule has 0 aromatic carbocycles. The monoisotopic (exact) mass is 184 g/mol. The van der Waals surface area contributed by atoms with Crippen molar-refractivity contribution >= 4 is 0 Å². The lowest BCUT2D eigenvalue weighted by Crippen LogP contribution is -2.17. The summed E-state index contributed by atoms with van der Waals surface area (Å²) in [5.74, 6) is 0.720. The number of hydrogen-bond acceptors (Lipinski definition) is 4. The van der Waals surface area contributed by atoms with E-state index in [0.717, 1.165) is 24.4 Å². The molecule has 0 radical (unpaired) electrons. The van der Waals surface area contributed by atoms with Crippen LogP contribution in [0.2, 0.25) is 0 Å². The van der Waals surface area contributed by atoms with E-state index in [4.69, 9.17) is 14.9 Å². The Labute approximate surface area is 78.1 Å². The summed E-state index contributed by atoms with van der Waals surface area (Å²) in [6.45, 7) is 2.58. The molecule has 4 nitrogen and oxygen atoms in total. The first-order valence-electron chi connectivity index (χ1n) is 4.40. The van der Waals surface area contributed by atoms with Crippen LogP contribution >= 0.6 is 0 Å². The Morgan fingerprint density at radius 2 is 2.46 bits per heavy atom. The minimum absolute atomic E-state index is 0.125. The number of nitrogens with zero attached hydrogens (tertiary/aromatic N) is 1. The molecular weight excluding hydrogens is 168 g/mol. The highest BCUT2D eigenvalue weighted by Crippen LogP contribution is 2.04. The molecule has 2 N–H and O–H groups in total. The molecule has 0 aliphatic carbocycles. The fraction of sp³-hybridized carbons (Fsp3) is 0.667. The van der Waals surface area contributed by atoms with Gasteiger partial charge in [-0.3, -0.25) is 0 Å². The van der Waals surface area contributed by atoms with Crippen LogP contribution in [0.1, 0.15) is 18.5 Å². The first kappa shape index (κ1) is 10.2. The Morgan fingerprint density at radius 1 is 1.69 bits per heavy atom. The fourth-order valence-electron chi connectivity index (χ4n) is 1.08. The number of hydrogen-bond donors (Lipinski definition) is 1. The molecule has 0 fully saturated rings. The van der Waals surface area contributed by atoms with E-state index in [9.17, 15) is 0 Å². The van der Waals surface area contributed by atoms with E-state index < -0.39 is 0 Å². The molecule has 0 spiro atoms. The molecule has 1 aromatic heterocycles. The highest BCUT2D eigenvalue weighted by atomic mass is 16.5. The Kier molecular flexibility index (Phi) is 3.92. The second-order valence-electron chi connectivity index (χ2n) is 3.16. The molecule has 74 valence electrons. The second-order valence-corrected chi connectivity index (χ2v) is 3.16. The zero-order valence-corrected chi connectivity index (χ0v) is 8.12. The third kappa shape index (κ3) is 3.57. The minimum atomic E-state index is 0.125. The summed E-state index contributed by atoms with van der Waals surface area (Å²) in [4.78, 5) is 4.26. The van der Waals surface area contributed by atoms with E-state index in [2.05, 4.69) is 4.98 Å². The summed E-state index contributed by atoms with van der Waals surface area (Å²) in [6.07, 6.45) is 3.14. The third-order valence-corrected chi connectivity index (χ3v) is 1.65. The lowest BCUT2D eigenvalue weighted by molar-refractivity contribution is 0.195. The van der Waals surface area contributed by atoms with E-state index in [1.54, 1.807) is 13.4 Å². The normalized spacial score (nSPS) is 13.2. The predicted molar refractivity (Wildman–Crippen MR) is 49.4 cm³/mol. The quantitative estimate of drug-likeness (QED) is 0.733. The number of aromatic nitrogens is 1. The molecule has 1 heterocycles. The van der Waals surface area contributed by atoms with Crippen LogP contribution in [0.4, 0.5) is 0 Å². The van der Waals surface area contributed by atoms with Crippen LogP contribution in [0.3, 0.4) is 0 Å². The maximum absolute atomic E-state index is 5.63. The average Bonchev–Trinajstić information content (AvgIpc) is 2.48. The largest absolute Gasteiger partial charge is 0.449 e. The van der Waals surface area contributed by atoms with Gasteiger partial charge < -0.3 is 14.9 Å². The molecule has 4 heteroatoms. The van der Waals surface area contributed by atoms with E-state index in [1.807, 2.05) is 6.92 Å². The topological polar surface area (TPSA) is 61.3 Å². The van der Waals surface area contributed by atoms with Gasteiger partial charge in [0, 0.05) is 26.0 Å². The van der Waals surface area contributed by atoms with Gasteiger partial charge in [0.1, 0.15) is 6.26 Å². The minimum Gasteiger partial charge on any atom is -0.449 e. The van der Waals surface area contributed by atoms with E-state index in [0.29, 0.717) is 6.61 Å². The van der Waals surface area contributed by atoms with Gasteiger partial charge in [-0.1, -0.05) is 0 Å². The van der Waals surface area contributed by atoms with Crippen LogP contribution in [0.25, 0.3) is 0 Å². The third-order valence-electron chi connectivity index (χ3n) is 1.65. The van der Waals surface area contributed by atoms with Crippen LogP contribution in [-0.2, 0) is 17.6 Å². The van der Waals surface area contributed by atoms with Crippen LogP contribution in [0.5, 0.6) is 0 Å². The smallest absolute Gasteiger partial charge is 0.196 e. The maximum Gasteiger partial charge on any atom is 0.196 e. The van der Waals surface area contributed by atoms with Crippen LogP contribution < -0.4 is 5.73 Å². The molecule has 1 rings (SSSR count). The van der Waals surface area contributed by atoms with Gasteiger partial charge >= 0.3 is 0 Å². The van der Waals surface area contributed by atoms with Crippen molar-refractivity contribution in [2.75, 3.05) is 13.7 Å². The molecule has 13 heavy (non-hydrogen) atoms. The first-order valence-corrected chi connectivity index (χ1v) is 4.40. The van der Waals surface area contributed by atoms with Crippen molar-refractivity contribution in [3.8, 4) is 0 Å². The van der Waals surface area contributed by atoms with Gasteiger partial charge in [0.2, 0.25) is 0 Å². The standard InChI is InChI=1S/C9H16N2O2/c1-7(10)5-8-6-13-9(11-8)3-4-12-2/h6-7H,3-5,10H2,1-2H3. The highest BCUT2D eigenvalue weighted by molar-refractivity contribution is 4.98. The van der Waals surface area contributed by atoms with E-state index in [-0.39, 0.29) is 6.04 Å². The first-order chi connectivity index (χ1) is 6.22. The zero-order valence-electron chi connectivity index (χ0n) is 8.12. The van der Waals surface area contributed by atoms with E-state index >= 15 is 0 Å². The maximum atomic E-state index is 5.63. The van der Waals surface area contributed by atoms with Crippen molar-refractivity contribution in [2.24, 2.45) is 5.73 Å². The Balaban J connectivity index is 2.44. The van der Waals surface area contributed by atoms with Gasteiger partial charge in [0.05, 0.1) is 12.3 Å². The number of rotatable bonds is 5. The van der Waals surface area contributed by atoms with Crippen LogP contribution in [-0.4, -0.2) is 24.7 Å². The molecule has 0 saturated heterocycles. The van der Waals surface area contributed by atoms with Crippen LogP contribution in [0.15, 0.2) is 10.7 Å². The highest BCUT2D eigenvalue weighted by Gasteiger charge is 2.05. The molecule has 0 amide bonds. The molecule has 1 atom stereocenters. The summed E-state index contributed by atoms with van der Waals surface area (Å²) in [5.41, 5.74) is 6.55. The molecule has 0 aliphatic rings. The fourth-order valence-corrected chi connectivity index (χ4v) is 1.08. The summed E-state index contributed by atoms with van der Waals surface area (Å²) < 4.78 is 10.1. The SMILES string of the molecule is COCCc1nc(CC(C)N)co1. The van der Waals surface area contributed by atoms with Crippen molar-refractivity contribution in [2.45, 2.75) is 25.8 Å². The van der Waals surface area contributed by atoms with Crippen molar-refractivity contribution in [1.82, 2.24) is 4.98 Å². The summed E-state index contributed by atoms with van der Waals surface area (Å²) in [7, 11) is 1.66. The lowest BCUT2D eigenvalue weighted by atomic mass is 10.2. The van der Waals surface area contributed by atoms with Gasteiger partial charge in [-0.2, -0.15) is 0 Å². The molecular formula is C9H16N2O2. The van der Waals surface area contributed by atoms with Crippen molar-refractivity contribution in [3.05, 3.63) is 17.8 Å². The number of oxazole rings is 1. The van der Waals surface area contributed by atoms with E-state index in [1.165, 1.54) is 0 Å². The number of nitrogens with two attached hydrogens (primary N) is 1. The Morgan fingerprint density at radius 3 is 3.08 bits per heavy atom. The van der Waals surface area contributed by atoms with Crippen molar-refractivity contribution < 1.29 is 9.15 Å². The molecule has 0 bridgehead atoms. The summed E-state index contributed by atoms with van der Waals surface area (Å²) in [5, 5.41) is 0. The van der Waals surface area contributed by atoms with Crippen LogP contribution in [0, 0.1) is 0 Å². The number of methoxy groups -OCH3 is 1. The Hall–Kier alpha value is -0.870. The predicted octanol–water partition coefficient (Wildman–Crippen LogP) is 0.753. The Bertz CT molecular complexity index is 246.